The van der Waals surface area contributed by atoms with Crippen LogP contribution in [0.5, 0.6) is 5.75 Å². The van der Waals surface area contributed by atoms with Gasteiger partial charge in [0.15, 0.2) is 0 Å². The van der Waals surface area contributed by atoms with Gasteiger partial charge >= 0.3 is 12.1 Å². The van der Waals surface area contributed by atoms with E-state index < -0.39 is 23.5 Å². The van der Waals surface area contributed by atoms with Crippen LogP contribution >= 0.6 is 0 Å². The second-order valence-corrected chi connectivity index (χ2v) is 3.89. The van der Waals surface area contributed by atoms with E-state index in [9.17, 15) is 22.4 Å². The van der Waals surface area contributed by atoms with Crippen molar-refractivity contribution in [2.75, 3.05) is 0 Å². The van der Waals surface area contributed by atoms with Crippen molar-refractivity contribution in [2.45, 2.75) is 6.18 Å². The Morgan fingerprint density at radius 2 is 1.65 bits per heavy atom. The van der Waals surface area contributed by atoms with Gasteiger partial charge in [-0.2, -0.15) is 13.2 Å². The molecule has 0 saturated carbocycles. The van der Waals surface area contributed by atoms with Gasteiger partial charge < -0.3 is 4.74 Å². The zero-order valence-corrected chi connectivity index (χ0v) is 9.95. The summed E-state index contributed by atoms with van der Waals surface area (Å²) < 4.78 is 55.4. The van der Waals surface area contributed by atoms with Crippen LogP contribution in [0.3, 0.4) is 0 Å². The number of esters is 1. The second kappa shape index (κ2) is 5.32. The van der Waals surface area contributed by atoms with Crippen LogP contribution in [0.15, 0.2) is 48.5 Å². The lowest BCUT2D eigenvalue weighted by Crippen LogP contribution is -2.11. The van der Waals surface area contributed by atoms with Crippen LogP contribution in [-0.4, -0.2) is 5.97 Å². The van der Waals surface area contributed by atoms with E-state index in [0.29, 0.717) is 12.1 Å². The van der Waals surface area contributed by atoms with Crippen LogP contribution in [-0.2, 0) is 6.18 Å². The molecule has 0 bridgehead atoms. The molecule has 2 aromatic carbocycles. The molecule has 20 heavy (non-hydrogen) atoms. The highest BCUT2D eigenvalue weighted by molar-refractivity contribution is 5.90. The lowest BCUT2D eigenvalue weighted by Gasteiger charge is -2.10. The summed E-state index contributed by atoms with van der Waals surface area (Å²) in [5.74, 6) is -2.60. The third kappa shape index (κ3) is 3.14. The summed E-state index contributed by atoms with van der Waals surface area (Å²) in [5, 5.41) is 0. The summed E-state index contributed by atoms with van der Waals surface area (Å²) in [5.41, 5.74) is -1.29. The van der Waals surface area contributed by atoms with E-state index >= 15 is 0 Å². The first-order valence-corrected chi connectivity index (χ1v) is 5.52. The molecule has 0 aliphatic carbocycles. The molecule has 2 rings (SSSR count). The predicted molar refractivity (Wildman–Crippen MR) is 62.8 cm³/mol. The molecule has 0 atom stereocenters. The fourth-order valence-corrected chi connectivity index (χ4v) is 1.53. The van der Waals surface area contributed by atoms with Crippen molar-refractivity contribution < 1.29 is 27.1 Å². The van der Waals surface area contributed by atoms with Crippen LogP contribution in [0.25, 0.3) is 0 Å². The Labute approximate surface area is 111 Å². The van der Waals surface area contributed by atoms with E-state index in [0.717, 1.165) is 6.07 Å². The Balaban J connectivity index is 2.25. The van der Waals surface area contributed by atoms with Crippen molar-refractivity contribution in [1.29, 1.82) is 0 Å². The quantitative estimate of drug-likeness (QED) is 0.472. The maximum Gasteiger partial charge on any atom is 0.419 e. The highest BCUT2D eigenvalue weighted by Crippen LogP contribution is 2.33. The van der Waals surface area contributed by atoms with Gasteiger partial charge in [-0.25, -0.2) is 9.18 Å². The lowest BCUT2D eigenvalue weighted by molar-refractivity contribution is -0.140. The first-order chi connectivity index (χ1) is 9.38. The predicted octanol–water partition coefficient (Wildman–Crippen LogP) is 4.06. The molecule has 0 fully saturated rings. The summed E-state index contributed by atoms with van der Waals surface area (Å²) in [7, 11) is 0. The lowest BCUT2D eigenvalue weighted by atomic mass is 10.2. The minimum Gasteiger partial charge on any atom is -0.423 e. The topological polar surface area (TPSA) is 26.3 Å². The van der Waals surface area contributed by atoms with E-state index in [1.54, 1.807) is 18.2 Å². The molecule has 0 N–H and O–H groups in total. The van der Waals surface area contributed by atoms with Crippen molar-refractivity contribution in [3.8, 4) is 5.75 Å². The molecule has 0 aliphatic heterocycles. The fraction of sp³-hybridized carbons (Fsp3) is 0.0714. The Kier molecular flexibility index (Phi) is 3.74. The zero-order chi connectivity index (χ0) is 14.8. The van der Waals surface area contributed by atoms with Gasteiger partial charge in [0.1, 0.15) is 11.6 Å². The van der Waals surface area contributed by atoms with Crippen molar-refractivity contribution >= 4 is 5.97 Å². The van der Waals surface area contributed by atoms with E-state index in [1.165, 1.54) is 12.1 Å². The molecular formula is C14H8F4O2. The molecule has 0 spiro atoms. The molecule has 0 unspecified atom stereocenters. The first kappa shape index (κ1) is 14.0. The molecular weight excluding hydrogens is 276 g/mol. The zero-order valence-electron chi connectivity index (χ0n) is 9.95. The van der Waals surface area contributed by atoms with Crippen LogP contribution < -0.4 is 4.74 Å². The largest absolute Gasteiger partial charge is 0.423 e. The van der Waals surface area contributed by atoms with Gasteiger partial charge in [0.05, 0.1) is 11.1 Å². The van der Waals surface area contributed by atoms with Crippen LogP contribution in [0.4, 0.5) is 17.6 Å². The van der Waals surface area contributed by atoms with Gasteiger partial charge in [-0.15, -0.1) is 0 Å². The number of carbonyl (C=O) groups excluding carboxylic acids is 1. The highest BCUT2D eigenvalue weighted by Gasteiger charge is 2.34. The number of hydrogen-bond donors (Lipinski definition) is 0. The Morgan fingerprint density at radius 3 is 2.25 bits per heavy atom. The number of halogens is 4. The maximum absolute atomic E-state index is 13.1. The number of rotatable bonds is 2. The smallest absolute Gasteiger partial charge is 0.419 e. The summed E-state index contributed by atoms with van der Waals surface area (Å²) in [6.07, 6.45) is -4.85. The van der Waals surface area contributed by atoms with Crippen molar-refractivity contribution in [3.05, 3.63) is 65.5 Å². The monoisotopic (exact) mass is 284 g/mol. The van der Waals surface area contributed by atoms with Crippen molar-refractivity contribution in [1.82, 2.24) is 0 Å². The standard InChI is InChI=1S/C14H8F4O2/c15-12-7-6-10(8-11(12)14(16,17)18)20-13(19)9-4-2-1-3-5-9/h1-8H. The SMILES string of the molecule is O=C(Oc1ccc(F)c(C(F)(F)F)c1)c1ccccc1. The number of ether oxygens (including phenoxy) is 1. The molecule has 6 heteroatoms. The van der Waals surface area contributed by atoms with Crippen LogP contribution in [0, 0.1) is 5.82 Å². The molecule has 0 heterocycles. The van der Waals surface area contributed by atoms with E-state index in [1.807, 2.05) is 0 Å². The highest BCUT2D eigenvalue weighted by atomic mass is 19.4. The van der Waals surface area contributed by atoms with Gasteiger partial charge in [0.2, 0.25) is 0 Å². The molecule has 0 radical (unpaired) electrons. The third-order valence-corrected chi connectivity index (χ3v) is 2.46. The van der Waals surface area contributed by atoms with Gasteiger partial charge in [-0.1, -0.05) is 18.2 Å². The van der Waals surface area contributed by atoms with E-state index in [4.69, 9.17) is 4.74 Å². The first-order valence-electron chi connectivity index (χ1n) is 5.52. The normalized spacial score (nSPS) is 11.2. The van der Waals surface area contributed by atoms with Crippen molar-refractivity contribution in [3.63, 3.8) is 0 Å². The molecule has 0 aromatic heterocycles. The van der Waals surface area contributed by atoms with E-state index in [2.05, 4.69) is 0 Å². The van der Waals surface area contributed by atoms with Crippen LogP contribution in [0.2, 0.25) is 0 Å². The average Bonchev–Trinajstić information content (AvgIpc) is 2.40. The average molecular weight is 284 g/mol. The number of carbonyl (C=O) groups is 1. The molecule has 104 valence electrons. The maximum atomic E-state index is 13.1. The molecule has 0 amide bonds. The fourth-order valence-electron chi connectivity index (χ4n) is 1.53. The number of benzene rings is 2. The van der Waals surface area contributed by atoms with Crippen LogP contribution in [0.1, 0.15) is 15.9 Å². The summed E-state index contributed by atoms with van der Waals surface area (Å²) in [6.45, 7) is 0. The summed E-state index contributed by atoms with van der Waals surface area (Å²) >= 11 is 0. The minimum absolute atomic E-state index is 0.186. The van der Waals surface area contributed by atoms with Gasteiger partial charge in [-0.3, -0.25) is 0 Å². The molecule has 2 aromatic rings. The molecule has 2 nitrogen and oxygen atoms in total. The molecule has 0 aliphatic rings. The van der Waals surface area contributed by atoms with Gasteiger partial charge in [-0.05, 0) is 30.3 Å². The minimum atomic E-state index is -4.85. The third-order valence-electron chi connectivity index (χ3n) is 2.46. The van der Waals surface area contributed by atoms with Gasteiger partial charge in [0.25, 0.3) is 0 Å². The van der Waals surface area contributed by atoms with E-state index in [-0.39, 0.29) is 11.3 Å². The van der Waals surface area contributed by atoms with Gasteiger partial charge in [0, 0.05) is 0 Å². The Bertz CT molecular complexity index is 621. The Morgan fingerprint density at radius 1 is 1.00 bits per heavy atom. The summed E-state index contributed by atoms with van der Waals surface area (Å²) in [4.78, 5) is 11.7. The molecule has 0 saturated heterocycles. The number of hydrogen-bond acceptors (Lipinski definition) is 2. The number of alkyl halides is 3. The Hall–Kier alpha value is -2.37. The van der Waals surface area contributed by atoms with Crippen molar-refractivity contribution in [2.24, 2.45) is 0 Å². The summed E-state index contributed by atoms with van der Waals surface area (Å²) in [6, 6.07) is 9.78. The second-order valence-electron chi connectivity index (χ2n) is 3.89.